The summed E-state index contributed by atoms with van der Waals surface area (Å²) in [5.41, 5.74) is 7.93. The van der Waals surface area contributed by atoms with E-state index in [0.29, 0.717) is 24.7 Å². The number of methoxy groups -OCH3 is 1. The van der Waals surface area contributed by atoms with Crippen molar-refractivity contribution >= 4 is 38.0 Å². The molecule has 3 N–H and O–H groups in total. The average Bonchev–Trinajstić information content (AvgIpc) is 3.36. The lowest BCUT2D eigenvalue weighted by Crippen LogP contribution is -2.31. The fourth-order valence-electron chi connectivity index (χ4n) is 3.13. The van der Waals surface area contributed by atoms with Crippen molar-refractivity contribution in [2.24, 2.45) is 5.73 Å². The number of alkyl halides is 3. The van der Waals surface area contributed by atoms with Crippen LogP contribution in [0, 0.1) is 0 Å². The van der Waals surface area contributed by atoms with Crippen LogP contribution in [0.1, 0.15) is 16.8 Å². The highest BCUT2D eigenvalue weighted by Gasteiger charge is 2.30. The maximum atomic E-state index is 12.7. The highest BCUT2D eigenvalue weighted by Crippen LogP contribution is 2.38. The van der Waals surface area contributed by atoms with Crippen LogP contribution in [-0.2, 0) is 23.9 Å². The Bertz CT molecular complexity index is 1160. The monoisotopic (exact) mass is 479 g/mol. The largest absolute Gasteiger partial charge is 0.416 e. The van der Waals surface area contributed by atoms with Crippen LogP contribution in [0.15, 0.2) is 42.7 Å². The summed E-state index contributed by atoms with van der Waals surface area (Å²) in [6.45, 7) is 0.767. The Morgan fingerprint density at radius 2 is 1.91 bits per heavy atom. The second kappa shape index (κ2) is 9.49. The molecule has 168 valence electrons. The molecule has 0 bridgehead atoms. The molecule has 0 unspecified atom stereocenters. The number of aromatic nitrogens is 3. The van der Waals surface area contributed by atoms with E-state index in [-0.39, 0.29) is 6.04 Å². The maximum Gasteiger partial charge on any atom is 0.416 e. The molecule has 0 aliphatic rings. The van der Waals surface area contributed by atoms with Gasteiger partial charge in [0.25, 0.3) is 0 Å². The van der Waals surface area contributed by atoms with Crippen LogP contribution in [0.2, 0.25) is 0 Å². The molecule has 1 atom stereocenters. The minimum atomic E-state index is -4.34. The number of nitrogens with zero attached hydrogens (tertiary/aromatic N) is 3. The summed E-state index contributed by atoms with van der Waals surface area (Å²) in [5, 5.41) is 4.77. The average molecular weight is 480 g/mol. The number of benzene rings is 1. The van der Waals surface area contributed by atoms with E-state index in [1.54, 1.807) is 30.8 Å². The highest BCUT2D eigenvalue weighted by atomic mass is 32.1. The van der Waals surface area contributed by atoms with Gasteiger partial charge in [-0.1, -0.05) is 23.5 Å². The van der Waals surface area contributed by atoms with Crippen molar-refractivity contribution in [3.05, 3.63) is 59.5 Å². The molecule has 32 heavy (non-hydrogen) atoms. The summed E-state index contributed by atoms with van der Waals surface area (Å²) < 4.78 is 44.4. The second-order valence-electron chi connectivity index (χ2n) is 7.13. The molecule has 6 nitrogen and oxygen atoms in total. The Morgan fingerprint density at radius 1 is 1.12 bits per heavy atom. The fraction of sp³-hybridized carbons (Fsp3) is 0.286. The van der Waals surface area contributed by atoms with Crippen molar-refractivity contribution in [3.63, 3.8) is 0 Å². The SMILES string of the molecule is COCc1nc(NC[C@H](N)Cc2ccc(C(F)(F)F)cc2)sc1-c1nc2ccncc2s1. The standard InChI is InChI=1S/C21H20F3N5OS2/c1-30-11-16-18(19-28-15-6-7-26-10-17(15)31-19)32-20(29-16)27-9-14(25)8-12-2-4-13(5-3-12)21(22,23)24/h2-7,10,14H,8-9,11,25H2,1H3,(H,27,29)/t14-/m1/s1. The molecule has 11 heteroatoms. The molecule has 0 aliphatic heterocycles. The first-order chi connectivity index (χ1) is 15.3. The zero-order valence-corrected chi connectivity index (χ0v) is 18.7. The zero-order chi connectivity index (χ0) is 22.7. The Balaban J connectivity index is 1.43. The van der Waals surface area contributed by atoms with Crippen LogP contribution in [0.5, 0.6) is 0 Å². The molecule has 4 aromatic rings. The summed E-state index contributed by atoms with van der Waals surface area (Å²) in [6, 6.07) is 6.65. The summed E-state index contributed by atoms with van der Waals surface area (Å²) >= 11 is 3.01. The first-order valence-corrected chi connectivity index (χ1v) is 11.3. The van der Waals surface area contributed by atoms with Gasteiger partial charge in [0.1, 0.15) is 5.01 Å². The number of hydrogen-bond donors (Lipinski definition) is 2. The summed E-state index contributed by atoms with van der Waals surface area (Å²) in [7, 11) is 1.61. The van der Waals surface area contributed by atoms with Crippen LogP contribution in [0.3, 0.4) is 0 Å². The molecule has 0 saturated carbocycles. The van der Waals surface area contributed by atoms with E-state index in [9.17, 15) is 13.2 Å². The molecule has 0 fully saturated rings. The Labute approximate surface area is 190 Å². The molecular weight excluding hydrogens is 459 g/mol. The predicted molar refractivity (Wildman–Crippen MR) is 121 cm³/mol. The third-order valence-corrected chi connectivity index (χ3v) is 6.87. The molecule has 0 amide bonds. The van der Waals surface area contributed by atoms with Crippen molar-refractivity contribution < 1.29 is 17.9 Å². The smallest absolute Gasteiger partial charge is 0.378 e. The van der Waals surface area contributed by atoms with E-state index in [2.05, 4.69) is 20.3 Å². The van der Waals surface area contributed by atoms with Crippen LogP contribution < -0.4 is 11.1 Å². The number of rotatable bonds is 8. The van der Waals surface area contributed by atoms with Gasteiger partial charge in [0.15, 0.2) is 5.13 Å². The molecule has 0 radical (unpaired) electrons. The van der Waals surface area contributed by atoms with Gasteiger partial charge in [-0.15, -0.1) is 11.3 Å². The van der Waals surface area contributed by atoms with Gasteiger partial charge in [-0.25, -0.2) is 9.97 Å². The van der Waals surface area contributed by atoms with Crippen molar-refractivity contribution in [2.45, 2.75) is 25.2 Å². The van der Waals surface area contributed by atoms with E-state index in [1.165, 1.54) is 23.5 Å². The highest BCUT2D eigenvalue weighted by molar-refractivity contribution is 7.26. The van der Waals surface area contributed by atoms with Gasteiger partial charge in [-0.3, -0.25) is 4.98 Å². The molecule has 0 aliphatic carbocycles. The van der Waals surface area contributed by atoms with Gasteiger partial charge in [0.05, 0.1) is 33.0 Å². The predicted octanol–water partition coefficient (Wildman–Crippen LogP) is 4.96. The molecule has 3 aromatic heterocycles. The van der Waals surface area contributed by atoms with Gasteiger partial charge < -0.3 is 15.8 Å². The van der Waals surface area contributed by atoms with Gasteiger partial charge >= 0.3 is 6.18 Å². The number of ether oxygens (including phenoxy) is 1. The number of nitrogens with two attached hydrogens (primary N) is 1. The molecule has 1 aromatic carbocycles. The van der Waals surface area contributed by atoms with Gasteiger partial charge in [-0.2, -0.15) is 13.2 Å². The zero-order valence-electron chi connectivity index (χ0n) is 17.0. The molecule has 0 saturated heterocycles. The number of halogens is 3. The minimum absolute atomic E-state index is 0.293. The van der Waals surface area contributed by atoms with E-state index in [0.717, 1.165) is 43.5 Å². The summed E-state index contributed by atoms with van der Waals surface area (Å²) in [5.74, 6) is 0. The van der Waals surface area contributed by atoms with E-state index in [1.807, 2.05) is 6.07 Å². The van der Waals surface area contributed by atoms with Crippen molar-refractivity contribution in [1.29, 1.82) is 0 Å². The topological polar surface area (TPSA) is 86.0 Å². The van der Waals surface area contributed by atoms with Crippen LogP contribution in [0.25, 0.3) is 20.1 Å². The number of anilines is 1. The molecule has 4 rings (SSSR count). The third kappa shape index (κ3) is 5.23. The Morgan fingerprint density at radius 3 is 2.59 bits per heavy atom. The van der Waals surface area contributed by atoms with Crippen LogP contribution in [-0.4, -0.2) is 34.6 Å². The Kier molecular flexibility index (Phi) is 6.70. The van der Waals surface area contributed by atoms with Gasteiger partial charge in [-0.05, 0) is 30.2 Å². The number of nitrogens with one attached hydrogen (secondary N) is 1. The van der Waals surface area contributed by atoms with E-state index in [4.69, 9.17) is 10.5 Å². The first kappa shape index (κ1) is 22.6. The lowest BCUT2D eigenvalue weighted by Gasteiger charge is -2.13. The van der Waals surface area contributed by atoms with E-state index < -0.39 is 11.7 Å². The van der Waals surface area contributed by atoms with Crippen LogP contribution >= 0.6 is 22.7 Å². The van der Waals surface area contributed by atoms with E-state index >= 15 is 0 Å². The molecule has 0 spiro atoms. The molecular formula is C21H20F3N5OS2. The molecule has 3 heterocycles. The Hall–Kier alpha value is -2.60. The quantitative estimate of drug-likeness (QED) is 0.371. The fourth-order valence-corrected chi connectivity index (χ4v) is 5.13. The van der Waals surface area contributed by atoms with Crippen molar-refractivity contribution in [3.8, 4) is 9.88 Å². The summed E-state index contributed by atoms with van der Waals surface area (Å²) in [6.07, 6.45) is -0.407. The lowest BCUT2D eigenvalue weighted by atomic mass is 10.0. The number of hydrogen-bond acceptors (Lipinski definition) is 8. The third-order valence-electron chi connectivity index (χ3n) is 4.66. The van der Waals surface area contributed by atoms with Crippen molar-refractivity contribution in [1.82, 2.24) is 15.0 Å². The maximum absolute atomic E-state index is 12.7. The minimum Gasteiger partial charge on any atom is -0.378 e. The number of pyridine rings is 1. The van der Waals surface area contributed by atoms with Crippen LogP contribution in [0.4, 0.5) is 18.3 Å². The lowest BCUT2D eigenvalue weighted by molar-refractivity contribution is -0.137. The van der Waals surface area contributed by atoms with Gasteiger partial charge in [0.2, 0.25) is 0 Å². The van der Waals surface area contributed by atoms with Crippen molar-refractivity contribution in [2.75, 3.05) is 19.0 Å². The number of thiazole rings is 2. The second-order valence-corrected chi connectivity index (χ2v) is 9.16. The normalized spacial score (nSPS) is 12.9. The summed E-state index contributed by atoms with van der Waals surface area (Å²) in [4.78, 5) is 14.4. The number of fused-ring (bicyclic) bond motifs is 1. The van der Waals surface area contributed by atoms with Gasteiger partial charge in [0, 0.05) is 32.1 Å². The first-order valence-electron chi connectivity index (χ1n) is 9.68.